The van der Waals surface area contributed by atoms with Crippen LogP contribution in [0.4, 0.5) is 11.5 Å². The molecule has 1 fully saturated rings. The summed E-state index contributed by atoms with van der Waals surface area (Å²) in [6, 6.07) is 4.77. The standard InChI is InChI=1S/C16H27N3/c1-4-10-17-15-12-13(8-11-18-15)19-14-7-5-6-9-16(14,2)3/h8,11-12,14H,4-7,9-10H2,1-3H3,(H2,17,18,19). The average molecular weight is 261 g/mol. The normalized spacial score (nSPS) is 21.9. The Morgan fingerprint density at radius 2 is 2.21 bits per heavy atom. The van der Waals surface area contributed by atoms with Crippen LogP contribution in [-0.4, -0.2) is 17.6 Å². The second kappa shape index (κ2) is 6.27. The second-order valence-corrected chi connectivity index (χ2v) is 6.29. The van der Waals surface area contributed by atoms with Gasteiger partial charge in [-0.2, -0.15) is 0 Å². The van der Waals surface area contributed by atoms with Crippen LogP contribution >= 0.6 is 0 Å². The fraction of sp³-hybridized carbons (Fsp3) is 0.688. The van der Waals surface area contributed by atoms with Gasteiger partial charge in [0.2, 0.25) is 0 Å². The molecule has 3 heteroatoms. The summed E-state index contributed by atoms with van der Waals surface area (Å²) in [6.07, 6.45) is 8.30. The Labute approximate surface area is 117 Å². The van der Waals surface area contributed by atoms with Crippen LogP contribution in [0, 0.1) is 5.41 Å². The zero-order chi connectivity index (χ0) is 13.7. The number of aromatic nitrogens is 1. The third-order valence-corrected chi connectivity index (χ3v) is 4.16. The van der Waals surface area contributed by atoms with Crippen molar-refractivity contribution in [2.45, 2.75) is 58.9 Å². The Morgan fingerprint density at radius 1 is 1.37 bits per heavy atom. The van der Waals surface area contributed by atoms with E-state index in [0.29, 0.717) is 11.5 Å². The molecule has 1 aromatic heterocycles. The average Bonchev–Trinajstić information content (AvgIpc) is 2.39. The van der Waals surface area contributed by atoms with E-state index in [-0.39, 0.29) is 0 Å². The van der Waals surface area contributed by atoms with Gasteiger partial charge in [0.25, 0.3) is 0 Å². The summed E-state index contributed by atoms with van der Waals surface area (Å²) in [5, 5.41) is 7.05. The minimum absolute atomic E-state index is 0.387. The molecule has 0 saturated heterocycles. The van der Waals surface area contributed by atoms with Gasteiger partial charge in [-0.15, -0.1) is 0 Å². The van der Waals surface area contributed by atoms with Gasteiger partial charge in [-0.3, -0.25) is 0 Å². The third kappa shape index (κ3) is 3.85. The van der Waals surface area contributed by atoms with Crippen molar-refractivity contribution >= 4 is 11.5 Å². The van der Waals surface area contributed by atoms with E-state index < -0.39 is 0 Å². The first-order chi connectivity index (χ1) is 9.12. The summed E-state index contributed by atoms with van der Waals surface area (Å²) >= 11 is 0. The Morgan fingerprint density at radius 3 is 2.95 bits per heavy atom. The number of anilines is 2. The lowest BCUT2D eigenvalue weighted by molar-refractivity contribution is 0.217. The van der Waals surface area contributed by atoms with E-state index in [1.54, 1.807) is 0 Å². The molecule has 1 heterocycles. The maximum Gasteiger partial charge on any atom is 0.127 e. The van der Waals surface area contributed by atoms with E-state index in [0.717, 1.165) is 18.8 Å². The lowest BCUT2D eigenvalue weighted by atomic mass is 9.73. The van der Waals surface area contributed by atoms with E-state index in [4.69, 9.17) is 0 Å². The summed E-state index contributed by atoms with van der Waals surface area (Å²) in [6.45, 7) is 7.90. The predicted octanol–water partition coefficient (Wildman–Crippen LogP) is 4.28. The van der Waals surface area contributed by atoms with Crippen LogP contribution in [0.25, 0.3) is 0 Å². The van der Waals surface area contributed by atoms with Gasteiger partial charge in [-0.25, -0.2) is 4.98 Å². The first-order valence-electron chi connectivity index (χ1n) is 7.58. The van der Waals surface area contributed by atoms with Crippen LogP contribution in [0.3, 0.4) is 0 Å². The summed E-state index contributed by atoms with van der Waals surface area (Å²) in [5.41, 5.74) is 1.58. The molecular weight excluding hydrogens is 234 g/mol. The van der Waals surface area contributed by atoms with Crippen molar-refractivity contribution in [2.75, 3.05) is 17.2 Å². The highest BCUT2D eigenvalue weighted by Gasteiger charge is 2.31. The molecule has 1 saturated carbocycles. The van der Waals surface area contributed by atoms with Crippen molar-refractivity contribution in [3.63, 3.8) is 0 Å². The van der Waals surface area contributed by atoms with E-state index in [9.17, 15) is 0 Å². The van der Waals surface area contributed by atoms with Gasteiger partial charge < -0.3 is 10.6 Å². The molecule has 2 rings (SSSR count). The molecule has 0 radical (unpaired) electrons. The van der Waals surface area contributed by atoms with Crippen molar-refractivity contribution in [3.05, 3.63) is 18.3 Å². The molecule has 19 heavy (non-hydrogen) atoms. The molecular formula is C16H27N3. The lowest BCUT2D eigenvalue weighted by Gasteiger charge is -2.39. The molecule has 1 aliphatic rings. The highest BCUT2D eigenvalue weighted by atomic mass is 15.0. The minimum atomic E-state index is 0.387. The van der Waals surface area contributed by atoms with Crippen LogP contribution in [0.2, 0.25) is 0 Å². The van der Waals surface area contributed by atoms with E-state index in [2.05, 4.69) is 48.5 Å². The van der Waals surface area contributed by atoms with E-state index >= 15 is 0 Å². The Balaban J connectivity index is 2.01. The highest BCUT2D eigenvalue weighted by molar-refractivity contribution is 5.52. The van der Waals surface area contributed by atoms with Gasteiger partial charge in [-0.1, -0.05) is 33.6 Å². The van der Waals surface area contributed by atoms with Crippen LogP contribution in [0.15, 0.2) is 18.3 Å². The topological polar surface area (TPSA) is 37.0 Å². The zero-order valence-corrected chi connectivity index (χ0v) is 12.5. The summed E-state index contributed by atoms with van der Waals surface area (Å²) in [5.74, 6) is 0.973. The van der Waals surface area contributed by atoms with Crippen molar-refractivity contribution in [1.29, 1.82) is 0 Å². The molecule has 0 amide bonds. The van der Waals surface area contributed by atoms with Gasteiger partial charge in [0.1, 0.15) is 5.82 Å². The summed E-state index contributed by atoms with van der Waals surface area (Å²) < 4.78 is 0. The molecule has 1 aliphatic carbocycles. The van der Waals surface area contributed by atoms with Crippen molar-refractivity contribution < 1.29 is 0 Å². The fourth-order valence-electron chi connectivity index (χ4n) is 2.83. The van der Waals surface area contributed by atoms with Gasteiger partial charge >= 0.3 is 0 Å². The molecule has 0 bridgehead atoms. The van der Waals surface area contributed by atoms with Gasteiger partial charge in [-0.05, 0) is 30.7 Å². The van der Waals surface area contributed by atoms with Crippen molar-refractivity contribution in [1.82, 2.24) is 4.98 Å². The van der Waals surface area contributed by atoms with Crippen LogP contribution < -0.4 is 10.6 Å². The quantitative estimate of drug-likeness (QED) is 0.830. The first-order valence-corrected chi connectivity index (χ1v) is 7.58. The molecule has 1 unspecified atom stereocenters. The molecule has 106 valence electrons. The Hall–Kier alpha value is -1.25. The van der Waals surface area contributed by atoms with Gasteiger partial charge in [0.15, 0.2) is 0 Å². The smallest absolute Gasteiger partial charge is 0.127 e. The second-order valence-electron chi connectivity index (χ2n) is 6.29. The molecule has 3 nitrogen and oxygen atoms in total. The van der Waals surface area contributed by atoms with Crippen LogP contribution in [0.1, 0.15) is 52.9 Å². The zero-order valence-electron chi connectivity index (χ0n) is 12.5. The van der Waals surface area contributed by atoms with E-state index in [1.165, 1.54) is 31.4 Å². The Kier molecular flexibility index (Phi) is 4.67. The largest absolute Gasteiger partial charge is 0.382 e. The molecule has 0 spiro atoms. The number of hydrogen-bond donors (Lipinski definition) is 2. The summed E-state index contributed by atoms with van der Waals surface area (Å²) in [4.78, 5) is 4.36. The van der Waals surface area contributed by atoms with Gasteiger partial charge in [0.05, 0.1) is 0 Å². The predicted molar refractivity (Wildman–Crippen MR) is 82.7 cm³/mol. The maximum absolute atomic E-state index is 4.36. The SMILES string of the molecule is CCCNc1cc(NC2CCCCC2(C)C)ccn1. The number of pyridine rings is 1. The third-order valence-electron chi connectivity index (χ3n) is 4.16. The first kappa shape index (κ1) is 14.2. The number of rotatable bonds is 5. The lowest BCUT2D eigenvalue weighted by Crippen LogP contribution is -2.38. The highest BCUT2D eigenvalue weighted by Crippen LogP contribution is 2.37. The van der Waals surface area contributed by atoms with E-state index in [1.807, 2.05) is 6.20 Å². The molecule has 1 atom stereocenters. The van der Waals surface area contributed by atoms with Crippen molar-refractivity contribution in [3.8, 4) is 0 Å². The van der Waals surface area contributed by atoms with Crippen LogP contribution in [-0.2, 0) is 0 Å². The number of hydrogen-bond acceptors (Lipinski definition) is 3. The molecule has 1 aromatic rings. The fourth-order valence-corrected chi connectivity index (χ4v) is 2.83. The number of nitrogens with one attached hydrogen (secondary N) is 2. The van der Waals surface area contributed by atoms with Crippen LogP contribution in [0.5, 0.6) is 0 Å². The molecule has 2 N–H and O–H groups in total. The monoisotopic (exact) mass is 261 g/mol. The summed E-state index contributed by atoms with van der Waals surface area (Å²) in [7, 11) is 0. The Bertz CT molecular complexity index is 401. The minimum Gasteiger partial charge on any atom is -0.382 e. The number of nitrogens with zero attached hydrogens (tertiary/aromatic N) is 1. The van der Waals surface area contributed by atoms with Crippen molar-refractivity contribution in [2.24, 2.45) is 5.41 Å². The van der Waals surface area contributed by atoms with Gasteiger partial charge in [0, 0.05) is 30.5 Å². The molecule has 0 aliphatic heterocycles. The maximum atomic E-state index is 4.36. The molecule has 0 aromatic carbocycles.